The second kappa shape index (κ2) is 6.18. The molecule has 0 amide bonds. The monoisotopic (exact) mass is 240 g/mol. The van der Waals surface area contributed by atoms with Crippen LogP contribution in [0.3, 0.4) is 0 Å². The number of carboxylic acid groups (broad SMARTS) is 1. The van der Waals surface area contributed by atoms with Gasteiger partial charge >= 0.3 is 5.97 Å². The lowest BCUT2D eigenvalue weighted by Crippen LogP contribution is -2.27. The molecule has 0 saturated carbocycles. The lowest BCUT2D eigenvalue weighted by Gasteiger charge is -2.23. The lowest BCUT2D eigenvalue weighted by atomic mass is 10.2. The summed E-state index contributed by atoms with van der Waals surface area (Å²) < 4.78 is 13.9. The van der Waals surface area contributed by atoms with Crippen molar-refractivity contribution in [1.82, 2.24) is 4.98 Å². The van der Waals surface area contributed by atoms with Gasteiger partial charge in [-0.15, -0.1) is 0 Å². The first-order valence-corrected chi connectivity index (χ1v) is 5.74. The van der Waals surface area contributed by atoms with E-state index >= 15 is 0 Å². The number of anilines is 1. The summed E-state index contributed by atoms with van der Waals surface area (Å²) >= 11 is 0. The minimum atomic E-state index is -1.26. The van der Waals surface area contributed by atoms with Gasteiger partial charge < -0.3 is 10.0 Å². The Labute approximate surface area is 100 Å². The van der Waals surface area contributed by atoms with Crippen LogP contribution in [0, 0.1) is 5.82 Å². The molecule has 0 fully saturated rings. The number of aromatic nitrogens is 1. The number of aromatic carboxylic acids is 1. The molecule has 1 aromatic rings. The summed E-state index contributed by atoms with van der Waals surface area (Å²) in [5.41, 5.74) is -0.327. The number of pyridine rings is 1. The van der Waals surface area contributed by atoms with Gasteiger partial charge in [0, 0.05) is 19.3 Å². The number of rotatable bonds is 6. The fourth-order valence-electron chi connectivity index (χ4n) is 1.68. The number of nitrogens with zero attached hydrogens (tertiary/aromatic N) is 2. The SMILES string of the molecule is CCCN(CCC)c1nccc(C(=O)O)c1F. The Morgan fingerprint density at radius 3 is 2.47 bits per heavy atom. The van der Waals surface area contributed by atoms with E-state index in [4.69, 9.17) is 5.11 Å². The van der Waals surface area contributed by atoms with Crippen molar-refractivity contribution in [3.05, 3.63) is 23.6 Å². The Bertz CT molecular complexity index is 390. The molecule has 0 radical (unpaired) electrons. The molecule has 4 nitrogen and oxygen atoms in total. The summed E-state index contributed by atoms with van der Waals surface area (Å²) in [6, 6.07) is 1.18. The summed E-state index contributed by atoms with van der Waals surface area (Å²) in [6.45, 7) is 5.31. The largest absolute Gasteiger partial charge is 0.478 e. The van der Waals surface area contributed by atoms with E-state index < -0.39 is 11.8 Å². The zero-order chi connectivity index (χ0) is 12.8. The van der Waals surface area contributed by atoms with Gasteiger partial charge in [-0.05, 0) is 18.9 Å². The standard InChI is InChI=1S/C12H17FN2O2/c1-3-7-15(8-4-2)11-10(13)9(12(16)17)5-6-14-11/h5-6H,3-4,7-8H2,1-2H3,(H,16,17). The summed E-state index contributed by atoms with van der Waals surface area (Å²) in [5.74, 6) is -1.88. The van der Waals surface area contributed by atoms with Crippen LogP contribution in [0.1, 0.15) is 37.0 Å². The van der Waals surface area contributed by atoms with E-state index in [1.165, 1.54) is 12.3 Å². The number of hydrogen-bond acceptors (Lipinski definition) is 3. The Hall–Kier alpha value is -1.65. The molecule has 0 unspecified atom stereocenters. The molecule has 0 aliphatic carbocycles. The highest BCUT2D eigenvalue weighted by Crippen LogP contribution is 2.20. The fraction of sp³-hybridized carbons (Fsp3) is 0.500. The molecule has 0 aliphatic rings. The summed E-state index contributed by atoms with van der Waals surface area (Å²) in [4.78, 5) is 16.6. The van der Waals surface area contributed by atoms with Crippen LogP contribution in [0.4, 0.5) is 10.2 Å². The minimum Gasteiger partial charge on any atom is -0.478 e. The van der Waals surface area contributed by atoms with Crippen LogP contribution in [0.2, 0.25) is 0 Å². The molecule has 1 aromatic heterocycles. The van der Waals surface area contributed by atoms with E-state index in [0.29, 0.717) is 13.1 Å². The van der Waals surface area contributed by atoms with Gasteiger partial charge in [-0.3, -0.25) is 0 Å². The number of halogens is 1. The van der Waals surface area contributed by atoms with Gasteiger partial charge in [0.25, 0.3) is 0 Å². The van der Waals surface area contributed by atoms with Gasteiger partial charge in [-0.25, -0.2) is 14.2 Å². The summed E-state index contributed by atoms with van der Waals surface area (Å²) in [7, 11) is 0. The van der Waals surface area contributed by atoms with Gasteiger partial charge in [-0.2, -0.15) is 0 Å². The van der Waals surface area contributed by atoms with Gasteiger partial charge in [0.15, 0.2) is 11.6 Å². The van der Waals surface area contributed by atoms with E-state index in [1.54, 1.807) is 4.90 Å². The van der Waals surface area contributed by atoms with Crippen LogP contribution >= 0.6 is 0 Å². The van der Waals surface area contributed by atoms with Crippen molar-refractivity contribution in [3.63, 3.8) is 0 Å². The van der Waals surface area contributed by atoms with Gasteiger partial charge in [0.05, 0.1) is 0 Å². The first kappa shape index (κ1) is 13.4. The molecule has 0 saturated heterocycles. The third-order valence-corrected chi connectivity index (χ3v) is 2.39. The first-order valence-electron chi connectivity index (χ1n) is 5.74. The highest BCUT2D eigenvalue weighted by molar-refractivity contribution is 5.88. The zero-order valence-corrected chi connectivity index (χ0v) is 10.1. The van der Waals surface area contributed by atoms with Crippen LogP contribution in [0.25, 0.3) is 0 Å². The maximum Gasteiger partial charge on any atom is 0.338 e. The van der Waals surface area contributed by atoms with Gasteiger partial charge in [0.2, 0.25) is 0 Å². The first-order chi connectivity index (χ1) is 8.11. The topological polar surface area (TPSA) is 53.4 Å². The van der Waals surface area contributed by atoms with Crippen molar-refractivity contribution < 1.29 is 14.3 Å². The van der Waals surface area contributed by atoms with Gasteiger partial charge in [0.1, 0.15) is 5.56 Å². The number of carboxylic acids is 1. The molecule has 1 rings (SSSR count). The van der Waals surface area contributed by atoms with Crippen LogP contribution in [0.15, 0.2) is 12.3 Å². The van der Waals surface area contributed by atoms with Crippen LogP contribution in [0.5, 0.6) is 0 Å². The van der Waals surface area contributed by atoms with Gasteiger partial charge in [-0.1, -0.05) is 13.8 Å². The number of carbonyl (C=O) groups is 1. The predicted molar refractivity (Wildman–Crippen MR) is 63.9 cm³/mol. The van der Waals surface area contributed by atoms with E-state index in [2.05, 4.69) is 4.98 Å². The van der Waals surface area contributed by atoms with Crippen molar-refractivity contribution in [2.75, 3.05) is 18.0 Å². The zero-order valence-electron chi connectivity index (χ0n) is 10.1. The van der Waals surface area contributed by atoms with Crippen molar-refractivity contribution in [1.29, 1.82) is 0 Å². The Kier molecular flexibility index (Phi) is 4.87. The summed E-state index contributed by atoms with van der Waals surface area (Å²) in [5, 5.41) is 8.85. The molecular formula is C12H17FN2O2. The quantitative estimate of drug-likeness (QED) is 0.830. The van der Waals surface area contributed by atoms with Crippen LogP contribution in [-0.2, 0) is 0 Å². The molecule has 0 bridgehead atoms. The third kappa shape index (κ3) is 3.15. The highest BCUT2D eigenvalue weighted by Gasteiger charge is 2.18. The third-order valence-electron chi connectivity index (χ3n) is 2.39. The lowest BCUT2D eigenvalue weighted by molar-refractivity contribution is 0.0691. The molecule has 1 heterocycles. The smallest absolute Gasteiger partial charge is 0.338 e. The second-order valence-electron chi connectivity index (χ2n) is 3.79. The Morgan fingerprint density at radius 2 is 2.00 bits per heavy atom. The Morgan fingerprint density at radius 1 is 1.41 bits per heavy atom. The molecule has 5 heteroatoms. The maximum absolute atomic E-state index is 13.9. The van der Waals surface area contributed by atoms with E-state index in [-0.39, 0.29) is 11.4 Å². The van der Waals surface area contributed by atoms with Crippen molar-refractivity contribution in [2.24, 2.45) is 0 Å². The molecule has 0 atom stereocenters. The van der Waals surface area contributed by atoms with Crippen molar-refractivity contribution in [3.8, 4) is 0 Å². The molecule has 94 valence electrons. The normalized spacial score (nSPS) is 10.3. The van der Waals surface area contributed by atoms with Crippen molar-refractivity contribution in [2.45, 2.75) is 26.7 Å². The minimum absolute atomic E-state index is 0.133. The molecule has 0 aliphatic heterocycles. The van der Waals surface area contributed by atoms with Crippen LogP contribution < -0.4 is 4.90 Å². The maximum atomic E-state index is 13.9. The molecule has 1 N–H and O–H groups in total. The Balaban J connectivity index is 3.10. The van der Waals surface area contributed by atoms with Crippen LogP contribution in [-0.4, -0.2) is 29.1 Å². The second-order valence-corrected chi connectivity index (χ2v) is 3.79. The average Bonchev–Trinajstić information content (AvgIpc) is 2.29. The number of hydrogen-bond donors (Lipinski definition) is 1. The predicted octanol–water partition coefficient (Wildman–Crippen LogP) is 2.55. The molecule has 17 heavy (non-hydrogen) atoms. The van der Waals surface area contributed by atoms with E-state index in [0.717, 1.165) is 12.8 Å². The molecular weight excluding hydrogens is 223 g/mol. The fourth-order valence-corrected chi connectivity index (χ4v) is 1.68. The van der Waals surface area contributed by atoms with E-state index in [9.17, 15) is 9.18 Å². The average molecular weight is 240 g/mol. The van der Waals surface area contributed by atoms with Crippen molar-refractivity contribution >= 4 is 11.8 Å². The summed E-state index contributed by atoms with van der Waals surface area (Å²) in [6.07, 6.45) is 3.05. The highest BCUT2D eigenvalue weighted by atomic mass is 19.1. The van der Waals surface area contributed by atoms with E-state index in [1.807, 2.05) is 13.8 Å². The molecule has 0 aromatic carbocycles. The molecule has 0 spiro atoms.